The van der Waals surface area contributed by atoms with Gasteiger partial charge in [-0.05, 0) is 25.0 Å². The molecule has 1 amide bonds. The molecule has 102 valence electrons. The number of amides is 1. The molecule has 1 aromatic heterocycles. The van der Waals surface area contributed by atoms with Crippen LogP contribution in [0.4, 0.5) is 0 Å². The zero-order valence-electron chi connectivity index (χ0n) is 11.7. The Morgan fingerprint density at radius 2 is 1.94 bits per heavy atom. The van der Waals surface area contributed by atoms with Gasteiger partial charge in [-0.3, -0.25) is 10.1 Å². The van der Waals surface area contributed by atoms with Gasteiger partial charge in [0.25, 0.3) is 0 Å². The second-order valence-electron chi connectivity index (χ2n) is 4.96. The summed E-state index contributed by atoms with van der Waals surface area (Å²) in [5.41, 5.74) is 0. The number of carbonyl (C=O) groups is 1. The fourth-order valence-corrected chi connectivity index (χ4v) is 1.51. The van der Waals surface area contributed by atoms with E-state index in [1.165, 1.54) is 0 Å². The van der Waals surface area contributed by atoms with Crippen LogP contribution in [0.2, 0.25) is 0 Å². The first-order valence-corrected chi connectivity index (χ1v) is 6.61. The summed E-state index contributed by atoms with van der Waals surface area (Å²) < 4.78 is 5.57. The standard InChI is InChI=1S/C14H24N2O2/c1-5-12-6-7-13(18-12)9-15-11(4)14(17)16-8-10(2)3/h6-7,10-11,15H,5,8-9H2,1-4H3,(H,16,17). The van der Waals surface area contributed by atoms with Crippen LogP contribution in [0.1, 0.15) is 39.2 Å². The van der Waals surface area contributed by atoms with Gasteiger partial charge in [0, 0.05) is 13.0 Å². The van der Waals surface area contributed by atoms with Gasteiger partial charge >= 0.3 is 0 Å². The van der Waals surface area contributed by atoms with Crippen molar-refractivity contribution in [3.8, 4) is 0 Å². The second-order valence-corrected chi connectivity index (χ2v) is 4.96. The average Bonchev–Trinajstić information content (AvgIpc) is 2.80. The Morgan fingerprint density at radius 3 is 2.50 bits per heavy atom. The fraction of sp³-hybridized carbons (Fsp3) is 0.643. The Labute approximate surface area is 109 Å². The van der Waals surface area contributed by atoms with Crippen molar-refractivity contribution < 1.29 is 9.21 Å². The van der Waals surface area contributed by atoms with Crippen LogP contribution in [0.25, 0.3) is 0 Å². The van der Waals surface area contributed by atoms with Gasteiger partial charge in [0.1, 0.15) is 11.5 Å². The predicted molar refractivity (Wildman–Crippen MR) is 72.2 cm³/mol. The van der Waals surface area contributed by atoms with Crippen molar-refractivity contribution in [2.24, 2.45) is 5.92 Å². The van der Waals surface area contributed by atoms with Crippen molar-refractivity contribution in [1.82, 2.24) is 10.6 Å². The Balaban J connectivity index is 2.31. The highest BCUT2D eigenvalue weighted by Gasteiger charge is 2.12. The molecule has 0 aliphatic rings. The van der Waals surface area contributed by atoms with Crippen LogP contribution in [0.5, 0.6) is 0 Å². The molecule has 1 heterocycles. The molecule has 0 saturated carbocycles. The van der Waals surface area contributed by atoms with Crippen LogP contribution in [-0.4, -0.2) is 18.5 Å². The van der Waals surface area contributed by atoms with Gasteiger partial charge in [-0.2, -0.15) is 0 Å². The van der Waals surface area contributed by atoms with Crippen molar-refractivity contribution in [2.75, 3.05) is 6.54 Å². The average molecular weight is 252 g/mol. The van der Waals surface area contributed by atoms with E-state index in [-0.39, 0.29) is 11.9 Å². The molecule has 0 aliphatic heterocycles. The van der Waals surface area contributed by atoms with Crippen LogP contribution in [0, 0.1) is 5.92 Å². The molecule has 0 spiro atoms. The molecule has 0 saturated heterocycles. The first-order valence-electron chi connectivity index (χ1n) is 6.61. The summed E-state index contributed by atoms with van der Waals surface area (Å²) in [5, 5.41) is 6.06. The van der Waals surface area contributed by atoms with Crippen molar-refractivity contribution in [2.45, 2.75) is 46.7 Å². The molecule has 4 nitrogen and oxygen atoms in total. The van der Waals surface area contributed by atoms with E-state index in [2.05, 4.69) is 31.4 Å². The molecule has 1 aromatic rings. The molecular formula is C14H24N2O2. The quantitative estimate of drug-likeness (QED) is 0.781. The SMILES string of the molecule is CCc1ccc(CNC(C)C(=O)NCC(C)C)o1. The van der Waals surface area contributed by atoms with E-state index in [4.69, 9.17) is 4.42 Å². The Kier molecular flexibility index (Phi) is 5.92. The van der Waals surface area contributed by atoms with Gasteiger partial charge in [-0.1, -0.05) is 20.8 Å². The minimum Gasteiger partial charge on any atom is -0.465 e. The molecule has 2 N–H and O–H groups in total. The number of hydrogen-bond donors (Lipinski definition) is 2. The topological polar surface area (TPSA) is 54.3 Å². The maximum Gasteiger partial charge on any atom is 0.236 e. The highest BCUT2D eigenvalue weighted by molar-refractivity contribution is 5.81. The number of aryl methyl sites for hydroxylation is 1. The monoisotopic (exact) mass is 252 g/mol. The highest BCUT2D eigenvalue weighted by atomic mass is 16.3. The van der Waals surface area contributed by atoms with Crippen LogP contribution in [0.15, 0.2) is 16.5 Å². The molecular weight excluding hydrogens is 228 g/mol. The van der Waals surface area contributed by atoms with Gasteiger partial charge in [-0.15, -0.1) is 0 Å². The summed E-state index contributed by atoms with van der Waals surface area (Å²) in [6.45, 7) is 9.36. The number of carbonyl (C=O) groups excluding carboxylic acids is 1. The van der Waals surface area contributed by atoms with Gasteiger partial charge in [0.05, 0.1) is 12.6 Å². The van der Waals surface area contributed by atoms with Gasteiger partial charge in [0.2, 0.25) is 5.91 Å². The van der Waals surface area contributed by atoms with Crippen molar-refractivity contribution in [3.63, 3.8) is 0 Å². The molecule has 0 aromatic carbocycles. The number of furan rings is 1. The van der Waals surface area contributed by atoms with Crippen LogP contribution in [-0.2, 0) is 17.8 Å². The third kappa shape index (κ3) is 4.92. The first kappa shape index (κ1) is 14.8. The van der Waals surface area contributed by atoms with E-state index >= 15 is 0 Å². The molecule has 1 rings (SSSR count). The molecule has 0 aliphatic carbocycles. The molecule has 4 heteroatoms. The van der Waals surface area contributed by atoms with E-state index < -0.39 is 0 Å². The first-order chi connectivity index (χ1) is 8.52. The molecule has 0 fully saturated rings. The van der Waals surface area contributed by atoms with Crippen LogP contribution < -0.4 is 10.6 Å². The Hall–Kier alpha value is -1.29. The highest BCUT2D eigenvalue weighted by Crippen LogP contribution is 2.08. The summed E-state index contributed by atoms with van der Waals surface area (Å²) in [6, 6.07) is 3.71. The molecule has 1 atom stereocenters. The summed E-state index contributed by atoms with van der Waals surface area (Å²) >= 11 is 0. The maximum atomic E-state index is 11.7. The lowest BCUT2D eigenvalue weighted by atomic mass is 10.2. The van der Waals surface area contributed by atoms with E-state index in [1.54, 1.807) is 0 Å². The number of nitrogens with one attached hydrogen (secondary N) is 2. The van der Waals surface area contributed by atoms with Crippen molar-refractivity contribution in [3.05, 3.63) is 23.7 Å². The lowest BCUT2D eigenvalue weighted by Crippen LogP contribution is -2.42. The maximum absolute atomic E-state index is 11.7. The van der Waals surface area contributed by atoms with Crippen LogP contribution >= 0.6 is 0 Å². The molecule has 18 heavy (non-hydrogen) atoms. The van der Waals surface area contributed by atoms with Crippen LogP contribution in [0.3, 0.4) is 0 Å². The van der Waals surface area contributed by atoms with E-state index in [1.807, 2.05) is 19.1 Å². The minimum atomic E-state index is -0.209. The normalized spacial score (nSPS) is 12.7. The van der Waals surface area contributed by atoms with Crippen molar-refractivity contribution >= 4 is 5.91 Å². The Morgan fingerprint density at radius 1 is 1.28 bits per heavy atom. The van der Waals surface area contributed by atoms with Gasteiger partial charge < -0.3 is 9.73 Å². The summed E-state index contributed by atoms with van der Waals surface area (Å²) in [4.78, 5) is 11.7. The number of hydrogen-bond acceptors (Lipinski definition) is 3. The number of rotatable bonds is 7. The van der Waals surface area contributed by atoms with Gasteiger partial charge in [0.15, 0.2) is 0 Å². The smallest absolute Gasteiger partial charge is 0.236 e. The lowest BCUT2D eigenvalue weighted by molar-refractivity contribution is -0.122. The zero-order valence-corrected chi connectivity index (χ0v) is 11.7. The molecule has 0 radical (unpaired) electrons. The summed E-state index contributed by atoms with van der Waals surface area (Å²) in [5.74, 6) is 2.35. The third-order valence-electron chi connectivity index (χ3n) is 2.73. The largest absolute Gasteiger partial charge is 0.465 e. The zero-order chi connectivity index (χ0) is 13.5. The second kappa shape index (κ2) is 7.21. The van der Waals surface area contributed by atoms with E-state index in [0.29, 0.717) is 19.0 Å². The Bertz CT molecular complexity index is 372. The van der Waals surface area contributed by atoms with E-state index in [9.17, 15) is 4.79 Å². The van der Waals surface area contributed by atoms with Gasteiger partial charge in [-0.25, -0.2) is 0 Å². The minimum absolute atomic E-state index is 0.0333. The van der Waals surface area contributed by atoms with E-state index in [0.717, 1.165) is 17.9 Å². The molecule has 1 unspecified atom stereocenters. The summed E-state index contributed by atoms with van der Waals surface area (Å²) in [6.07, 6.45) is 0.893. The fourth-order valence-electron chi connectivity index (χ4n) is 1.51. The predicted octanol–water partition coefficient (Wildman–Crippen LogP) is 2.09. The van der Waals surface area contributed by atoms with Crippen molar-refractivity contribution in [1.29, 1.82) is 0 Å². The lowest BCUT2D eigenvalue weighted by Gasteiger charge is -2.14. The molecule has 0 bridgehead atoms. The third-order valence-corrected chi connectivity index (χ3v) is 2.73. The summed E-state index contributed by atoms with van der Waals surface area (Å²) in [7, 11) is 0.